The standard InChI is InChI=1S/C9H7FO2S/c1-12-5-2-3-7-6(4-5)8(11)9(10)13-7/h2-4,11H,1H3. The second-order valence-electron chi connectivity index (χ2n) is 2.59. The minimum absolute atomic E-state index is 0.293. The van der Waals surface area contributed by atoms with E-state index in [9.17, 15) is 9.50 Å². The molecule has 68 valence electrons. The van der Waals surface area contributed by atoms with Gasteiger partial charge in [-0.3, -0.25) is 0 Å². The lowest BCUT2D eigenvalue weighted by molar-refractivity contribution is 0.414. The second-order valence-corrected chi connectivity index (χ2v) is 3.59. The smallest absolute Gasteiger partial charge is 0.219 e. The molecule has 2 nitrogen and oxygen atoms in total. The van der Waals surface area contributed by atoms with E-state index in [1.165, 1.54) is 7.11 Å². The van der Waals surface area contributed by atoms with Crippen LogP contribution in [0.1, 0.15) is 0 Å². The van der Waals surface area contributed by atoms with Crippen molar-refractivity contribution in [2.24, 2.45) is 0 Å². The lowest BCUT2D eigenvalue weighted by Crippen LogP contribution is -1.80. The first kappa shape index (κ1) is 8.31. The van der Waals surface area contributed by atoms with Crippen LogP contribution < -0.4 is 4.74 Å². The lowest BCUT2D eigenvalue weighted by atomic mass is 10.2. The topological polar surface area (TPSA) is 29.5 Å². The maximum Gasteiger partial charge on any atom is 0.219 e. The fourth-order valence-electron chi connectivity index (χ4n) is 1.16. The molecule has 0 amide bonds. The molecule has 0 aliphatic rings. The summed E-state index contributed by atoms with van der Waals surface area (Å²) < 4.78 is 18.6. The summed E-state index contributed by atoms with van der Waals surface area (Å²) >= 11 is 0.926. The first-order chi connectivity index (χ1) is 6.22. The van der Waals surface area contributed by atoms with Gasteiger partial charge in [0.15, 0.2) is 5.75 Å². The highest BCUT2D eigenvalue weighted by atomic mass is 32.1. The molecule has 0 fully saturated rings. The number of fused-ring (bicyclic) bond motifs is 1. The van der Waals surface area contributed by atoms with Crippen LogP contribution >= 0.6 is 11.3 Å². The predicted octanol–water partition coefficient (Wildman–Crippen LogP) is 2.75. The Kier molecular flexibility index (Phi) is 1.84. The Morgan fingerprint density at radius 1 is 1.46 bits per heavy atom. The summed E-state index contributed by atoms with van der Waals surface area (Å²) in [4.78, 5) is 0. The summed E-state index contributed by atoms with van der Waals surface area (Å²) in [6.45, 7) is 0. The zero-order valence-corrected chi connectivity index (χ0v) is 7.69. The van der Waals surface area contributed by atoms with Gasteiger partial charge in [-0.05, 0) is 18.2 Å². The van der Waals surface area contributed by atoms with Crippen LogP contribution in [0.25, 0.3) is 10.1 Å². The number of hydrogen-bond donors (Lipinski definition) is 1. The third kappa shape index (κ3) is 1.23. The van der Waals surface area contributed by atoms with Gasteiger partial charge in [-0.15, -0.1) is 11.3 Å². The molecule has 0 aliphatic heterocycles. The third-order valence-electron chi connectivity index (χ3n) is 1.83. The number of benzene rings is 1. The Morgan fingerprint density at radius 2 is 2.23 bits per heavy atom. The van der Waals surface area contributed by atoms with Gasteiger partial charge in [0, 0.05) is 10.1 Å². The van der Waals surface area contributed by atoms with Crippen LogP contribution in [0.3, 0.4) is 0 Å². The summed E-state index contributed by atoms with van der Waals surface area (Å²) in [6, 6.07) is 5.07. The Morgan fingerprint density at radius 3 is 2.92 bits per heavy atom. The molecular weight excluding hydrogens is 191 g/mol. The normalized spacial score (nSPS) is 10.6. The molecule has 13 heavy (non-hydrogen) atoms. The zero-order valence-electron chi connectivity index (χ0n) is 6.87. The van der Waals surface area contributed by atoms with E-state index < -0.39 is 5.13 Å². The van der Waals surface area contributed by atoms with Crippen molar-refractivity contribution in [3.8, 4) is 11.5 Å². The Labute approximate surface area is 78.2 Å². The van der Waals surface area contributed by atoms with Crippen molar-refractivity contribution in [1.82, 2.24) is 0 Å². The van der Waals surface area contributed by atoms with E-state index in [1.54, 1.807) is 18.2 Å². The average molecular weight is 198 g/mol. The SMILES string of the molecule is COc1ccc2sc(F)c(O)c2c1. The first-order valence-electron chi connectivity index (χ1n) is 3.67. The maximum absolute atomic E-state index is 12.9. The van der Waals surface area contributed by atoms with Gasteiger partial charge in [0.05, 0.1) is 7.11 Å². The van der Waals surface area contributed by atoms with Gasteiger partial charge in [0.2, 0.25) is 5.13 Å². The molecule has 2 aromatic rings. The van der Waals surface area contributed by atoms with E-state index >= 15 is 0 Å². The van der Waals surface area contributed by atoms with Crippen LogP contribution in [0, 0.1) is 5.13 Å². The van der Waals surface area contributed by atoms with Crippen molar-refractivity contribution in [3.63, 3.8) is 0 Å². The van der Waals surface area contributed by atoms with Gasteiger partial charge >= 0.3 is 0 Å². The molecule has 0 spiro atoms. The quantitative estimate of drug-likeness (QED) is 0.763. The van der Waals surface area contributed by atoms with Crippen molar-refractivity contribution >= 4 is 21.4 Å². The fraction of sp³-hybridized carbons (Fsp3) is 0.111. The van der Waals surface area contributed by atoms with E-state index in [1.807, 2.05) is 0 Å². The van der Waals surface area contributed by atoms with E-state index in [-0.39, 0.29) is 5.75 Å². The molecule has 1 N–H and O–H groups in total. The van der Waals surface area contributed by atoms with Gasteiger partial charge in [-0.2, -0.15) is 4.39 Å². The van der Waals surface area contributed by atoms with Gasteiger partial charge in [0.25, 0.3) is 0 Å². The van der Waals surface area contributed by atoms with Crippen molar-refractivity contribution in [2.45, 2.75) is 0 Å². The molecule has 2 rings (SSSR count). The summed E-state index contributed by atoms with van der Waals surface area (Å²) in [5, 5.41) is 9.25. The Hall–Kier alpha value is -1.29. The van der Waals surface area contributed by atoms with Crippen LogP contribution in [0.4, 0.5) is 4.39 Å². The number of thiophene rings is 1. The number of ether oxygens (including phenoxy) is 1. The van der Waals surface area contributed by atoms with Gasteiger partial charge in [-0.25, -0.2) is 0 Å². The van der Waals surface area contributed by atoms with E-state index in [2.05, 4.69) is 0 Å². The molecule has 1 aromatic carbocycles. The monoisotopic (exact) mass is 198 g/mol. The van der Waals surface area contributed by atoms with Crippen LogP contribution in [-0.4, -0.2) is 12.2 Å². The molecule has 0 bridgehead atoms. The molecule has 1 heterocycles. The number of rotatable bonds is 1. The maximum atomic E-state index is 12.9. The largest absolute Gasteiger partial charge is 0.504 e. The number of halogens is 1. The van der Waals surface area contributed by atoms with Crippen LogP contribution in [0.5, 0.6) is 11.5 Å². The summed E-state index contributed by atoms with van der Waals surface area (Å²) in [5.41, 5.74) is 0. The number of aromatic hydroxyl groups is 1. The van der Waals surface area contributed by atoms with Gasteiger partial charge < -0.3 is 9.84 Å². The molecule has 0 aliphatic carbocycles. The minimum Gasteiger partial charge on any atom is -0.504 e. The van der Waals surface area contributed by atoms with E-state index in [0.29, 0.717) is 11.1 Å². The molecule has 0 unspecified atom stereocenters. The highest BCUT2D eigenvalue weighted by Crippen LogP contribution is 2.36. The Balaban J connectivity index is 2.75. The van der Waals surface area contributed by atoms with Crippen molar-refractivity contribution in [3.05, 3.63) is 23.3 Å². The van der Waals surface area contributed by atoms with Crippen LogP contribution in [0.2, 0.25) is 0 Å². The van der Waals surface area contributed by atoms with Crippen LogP contribution in [0.15, 0.2) is 18.2 Å². The minimum atomic E-state index is -0.553. The highest BCUT2D eigenvalue weighted by Gasteiger charge is 2.10. The molecule has 4 heteroatoms. The summed E-state index contributed by atoms with van der Waals surface area (Å²) in [5.74, 6) is 0.319. The number of methoxy groups -OCH3 is 1. The summed E-state index contributed by atoms with van der Waals surface area (Å²) in [7, 11) is 1.53. The van der Waals surface area contributed by atoms with Gasteiger partial charge in [-0.1, -0.05) is 0 Å². The molecule has 0 atom stereocenters. The highest BCUT2D eigenvalue weighted by molar-refractivity contribution is 7.17. The number of hydrogen-bond acceptors (Lipinski definition) is 3. The predicted molar refractivity (Wildman–Crippen MR) is 50.0 cm³/mol. The Bertz CT molecular complexity index is 450. The molecule has 0 radical (unpaired) electrons. The average Bonchev–Trinajstić information content (AvgIpc) is 2.43. The van der Waals surface area contributed by atoms with Gasteiger partial charge in [0.1, 0.15) is 5.75 Å². The molecule has 0 saturated heterocycles. The van der Waals surface area contributed by atoms with Crippen molar-refractivity contribution in [2.75, 3.05) is 7.11 Å². The first-order valence-corrected chi connectivity index (χ1v) is 4.49. The third-order valence-corrected chi connectivity index (χ3v) is 2.78. The molecule has 0 saturated carbocycles. The zero-order chi connectivity index (χ0) is 9.42. The van der Waals surface area contributed by atoms with Crippen molar-refractivity contribution < 1.29 is 14.2 Å². The summed E-state index contributed by atoms with van der Waals surface area (Å²) in [6.07, 6.45) is 0. The van der Waals surface area contributed by atoms with E-state index in [0.717, 1.165) is 16.0 Å². The molecular formula is C9H7FO2S. The molecule has 1 aromatic heterocycles. The van der Waals surface area contributed by atoms with Crippen LogP contribution in [-0.2, 0) is 0 Å². The van der Waals surface area contributed by atoms with Crippen molar-refractivity contribution in [1.29, 1.82) is 0 Å². The second kappa shape index (κ2) is 2.88. The van der Waals surface area contributed by atoms with E-state index in [4.69, 9.17) is 4.74 Å². The fourth-order valence-corrected chi connectivity index (χ4v) is 1.96. The lowest BCUT2D eigenvalue weighted by Gasteiger charge is -1.98.